The minimum atomic E-state index is -0.0229. The van der Waals surface area contributed by atoms with E-state index in [2.05, 4.69) is 66.1 Å². The second-order valence-corrected chi connectivity index (χ2v) is 7.24. The zero-order valence-corrected chi connectivity index (χ0v) is 16.7. The molecule has 0 spiro atoms. The highest BCUT2D eigenvalue weighted by molar-refractivity contribution is 5.93. The monoisotopic (exact) mass is 367 g/mol. The van der Waals surface area contributed by atoms with E-state index in [0.29, 0.717) is 30.6 Å². The van der Waals surface area contributed by atoms with Gasteiger partial charge in [0.25, 0.3) is 5.91 Å². The smallest absolute Gasteiger partial charge is 0.272 e. The van der Waals surface area contributed by atoms with E-state index in [4.69, 9.17) is 0 Å². The summed E-state index contributed by atoms with van der Waals surface area (Å²) in [5.74, 6) is 0.682. The summed E-state index contributed by atoms with van der Waals surface area (Å²) < 4.78 is 0. The molecule has 6 nitrogen and oxygen atoms in total. The molecule has 1 aliphatic rings. The average molecular weight is 367 g/mol. The van der Waals surface area contributed by atoms with E-state index in [1.807, 2.05) is 4.90 Å². The highest BCUT2D eigenvalue weighted by Crippen LogP contribution is 2.24. The summed E-state index contributed by atoms with van der Waals surface area (Å²) in [6.45, 7) is 11.6. The van der Waals surface area contributed by atoms with Gasteiger partial charge in [-0.05, 0) is 44.4 Å². The topological polar surface area (TPSA) is 61.4 Å². The number of nitrogens with one attached hydrogen (secondary N) is 1. The van der Waals surface area contributed by atoms with Gasteiger partial charge < -0.3 is 15.1 Å². The van der Waals surface area contributed by atoms with E-state index in [9.17, 15) is 4.79 Å². The van der Waals surface area contributed by atoms with Gasteiger partial charge >= 0.3 is 0 Å². The molecule has 2 aromatic rings. The van der Waals surface area contributed by atoms with E-state index in [0.717, 1.165) is 19.5 Å². The summed E-state index contributed by atoms with van der Waals surface area (Å²) >= 11 is 0. The number of nitrogens with zero attached hydrogens (tertiary/aromatic N) is 4. The Kier molecular flexibility index (Phi) is 5.94. The lowest BCUT2D eigenvalue weighted by atomic mass is 10.1. The van der Waals surface area contributed by atoms with E-state index >= 15 is 0 Å². The maximum absolute atomic E-state index is 12.9. The van der Waals surface area contributed by atoms with Crippen molar-refractivity contribution in [1.82, 2.24) is 14.9 Å². The fourth-order valence-electron chi connectivity index (χ4n) is 3.30. The normalized spacial score (nSPS) is 15.6. The third kappa shape index (κ3) is 4.38. The number of rotatable bonds is 5. The minimum Gasteiger partial charge on any atom is -0.368 e. The molecule has 2 heterocycles. The van der Waals surface area contributed by atoms with Crippen molar-refractivity contribution in [2.75, 3.05) is 36.4 Å². The third-order valence-corrected chi connectivity index (χ3v) is 5.38. The quantitative estimate of drug-likeness (QED) is 0.879. The van der Waals surface area contributed by atoms with Gasteiger partial charge in [0.2, 0.25) is 0 Å². The number of hydrogen-bond donors (Lipinski definition) is 1. The Morgan fingerprint density at radius 3 is 2.63 bits per heavy atom. The van der Waals surface area contributed by atoms with Crippen molar-refractivity contribution in [1.29, 1.82) is 0 Å². The van der Waals surface area contributed by atoms with Crippen LogP contribution in [0.4, 0.5) is 11.5 Å². The maximum Gasteiger partial charge on any atom is 0.272 e. The Morgan fingerprint density at radius 1 is 1.19 bits per heavy atom. The lowest BCUT2D eigenvalue weighted by molar-refractivity contribution is 0.0740. The first-order valence-electron chi connectivity index (χ1n) is 9.68. The van der Waals surface area contributed by atoms with Crippen molar-refractivity contribution in [2.45, 2.75) is 40.2 Å². The molecule has 0 saturated carbocycles. The van der Waals surface area contributed by atoms with E-state index < -0.39 is 0 Å². The standard InChI is InChI=1S/C21H29N5O/c1-5-16(3)24-20-13-18(22-14-23-20)21(27)26-11-9-25(10-12-26)19-8-6-7-15(2)17(19)4/h6-8,13-14,16H,5,9-12H2,1-4H3,(H,22,23,24). The van der Waals surface area contributed by atoms with Gasteiger partial charge in [-0.25, -0.2) is 9.97 Å². The predicted molar refractivity (Wildman–Crippen MR) is 109 cm³/mol. The molecule has 1 unspecified atom stereocenters. The summed E-state index contributed by atoms with van der Waals surface area (Å²) in [4.78, 5) is 25.5. The molecule has 0 radical (unpaired) electrons. The number of aromatic nitrogens is 2. The lowest BCUT2D eigenvalue weighted by Gasteiger charge is -2.37. The van der Waals surface area contributed by atoms with Crippen LogP contribution in [-0.4, -0.2) is 53.0 Å². The molecule has 0 aliphatic carbocycles. The summed E-state index contributed by atoms with van der Waals surface area (Å²) in [5.41, 5.74) is 4.34. The highest BCUT2D eigenvalue weighted by atomic mass is 16.2. The average Bonchev–Trinajstić information content (AvgIpc) is 2.70. The summed E-state index contributed by atoms with van der Waals surface area (Å²) in [6, 6.07) is 8.47. The van der Waals surface area contributed by atoms with Gasteiger partial charge in [0.1, 0.15) is 17.8 Å². The largest absolute Gasteiger partial charge is 0.368 e. The fourth-order valence-corrected chi connectivity index (χ4v) is 3.30. The number of benzene rings is 1. The molecule has 27 heavy (non-hydrogen) atoms. The van der Waals surface area contributed by atoms with E-state index in [1.54, 1.807) is 6.07 Å². The molecule has 1 saturated heterocycles. The molecule has 144 valence electrons. The van der Waals surface area contributed by atoms with Crippen LogP contribution < -0.4 is 10.2 Å². The van der Waals surface area contributed by atoms with Crippen LogP contribution in [0.15, 0.2) is 30.6 Å². The molecular formula is C21H29N5O. The predicted octanol–water partition coefficient (Wildman–Crippen LogP) is 3.27. The Bertz CT molecular complexity index is 799. The van der Waals surface area contributed by atoms with Crippen LogP contribution in [0.25, 0.3) is 0 Å². The number of carbonyl (C=O) groups is 1. The number of carbonyl (C=O) groups excluding carboxylic acids is 1. The molecule has 0 bridgehead atoms. The molecule has 3 rings (SSSR count). The Balaban J connectivity index is 1.65. The fraction of sp³-hybridized carbons (Fsp3) is 0.476. The second-order valence-electron chi connectivity index (χ2n) is 7.24. The molecule has 1 aliphatic heterocycles. The van der Waals surface area contributed by atoms with Crippen LogP contribution in [0, 0.1) is 13.8 Å². The van der Waals surface area contributed by atoms with Gasteiger partial charge in [-0.15, -0.1) is 0 Å². The molecule has 1 fully saturated rings. The zero-order valence-electron chi connectivity index (χ0n) is 16.7. The number of anilines is 2. The van der Waals surface area contributed by atoms with Gasteiger partial charge in [-0.3, -0.25) is 4.79 Å². The first kappa shape index (κ1) is 19.1. The summed E-state index contributed by atoms with van der Waals surface area (Å²) in [5, 5.41) is 3.30. The van der Waals surface area contributed by atoms with Crippen LogP contribution in [0.5, 0.6) is 0 Å². The molecule has 1 amide bonds. The van der Waals surface area contributed by atoms with Crippen molar-refractivity contribution in [3.8, 4) is 0 Å². The van der Waals surface area contributed by atoms with Crippen LogP contribution in [0.2, 0.25) is 0 Å². The number of hydrogen-bond acceptors (Lipinski definition) is 5. The Hall–Kier alpha value is -2.63. The van der Waals surface area contributed by atoms with E-state index in [1.165, 1.54) is 23.1 Å². The van der Waals surface area contributed by atoms with Crippen molar-refractivity contribution >= 4 is 17.4 Å². The molecule has 1 atom stereocenters. The Morgan fingerprint density at radius 2 is 1.93 bits per heavy atom. The van der Waals surface area contributed by atoms with Gasteiger partial charge in [-0.2, -0.15) is 0 Å². The first-order valence-corrected chi connectivity index (χ1v) is 9.68. The summed E-state index contributed by atoms with van der Waals surface area (Å²) in [7, 11) is 0. The van der Waals surface area contributed by atoms with Crippen LogP contribution in [0.1, 0.15) is 41.9 Å². The number of amides is 1. The van der Waals surface area contributed by atoms with Crippen molar-refractivity contribution in [3.63, 3.8) is 0 Å². The minimum absolute atomic E-state index is 0.0229. The first-order chi connectivity index (χ1) is 13.0. The van der Waals surface area contributed by atoms with E-state index in [-0.39, 0.29) is 5.91 Å². The zero-order chi connectivity index (χ0) is 19.4. The van der Waals surface area contributed by atoms with Gasteiger partial charge in [0, 0.05) is 44.0 Å². The molecule has 1 aromatic heterocycles. The molecule has 6 heteroatoms. The van der Waals surface area contributed by atoms with Gasteiger partial charge in [0.05, 0.1) is 0 Å². The molecule has 1 aromatic carbocycles. The van der Waals surface area contributed by atoms with Crippen LogP contribution in [-0.2, 0) is 0 Å². The SMILES string of the molecule is CCC(C)Nc1cc(C(=O)N2CCN(c3cccc(C)c3C)CC2)ncn1. The van der Waals surface area contributed by atoms with Gasteiger partial charge in [-0.1, -0.05) is 19.1 Å². The third-order valence-electron chi connectivity index (χ3n) is 5.38. The number of piperazine rings is 1. The van der Waals surface area contributed by atoms with Crippen molar-refractivity contribution < 1.29 is 4.79 Å². The Labute approximate surface area is 161 Å². The van der Waals surface area contributed by atoms with Crippen molar-refractivity contribution in [2.24, 2.45) is 0 Å². The summed E-state index contributed by atoms with van der Waals surface area (Å²) in [6.07, 6.45) is 2.46. The molecular weight excluding hydrogens is 338 g/mol. The van der Waals surface area contributed by atoms with Crippen LogP contribution >= 0.6 is 0 Å². The maximum atomic E-state index is 12.9. The second kappa shape index (κ2) is 8.37. The van der Waals surface area contributed by atoms with Crippen molar-refractivity contribution in [3.05, 3.63) is 47.4 Å². The lowest BCUT2D eigenvalue weighted by Crippen LogP contribution is -2.49. The number of aryl methyl sites for hydroxylation is 1. The highest BCUT2D eigenvalue weighted by Gasteiger charge is 2.24. The van der Waals surface area contributed by atoms with Gasteiger partial charge in [0.15, 0.2) is 0 Å². The molecule has 1 N–H and O–H groups in total. The van der Waals surface area contributed by atoms with Crippen LogP contribution in [0.3, 0.4) is 0 Å².